The Hall–Kier alpha value is -2.64. The molecule has 0 atom stereocenters. The summed E-state index contributed by atoms with van der Waals surface area (Å²) in [6.45, 7) is 6.70. The summed E-state index contributed by atoms with van der Waals surface area (Å²) in [5, 5.41) is 6.75. The molecule has 3 heterocycles. The number of carbonyl (C=O) groups excluding carboxylic acids is 1. The Labute approximate surface area is 139 Å². The molecular weight excluding hydrogens is 310 g/mol. The van der Waals surface area contributed by atoms with Crippen LogP contribution in [0.3, 0.4) is 0 Å². The van der Waals surface area contributed by atoms with Gasteiger partial charge in [-0.1, -0.05) is 19.0 Å². The van der Waals surface area contributed by atoms with Gasteiger partial charge in [-0.2, -0.15) is 0 Å². The van der Waals surface area contributed by atoms with Gasteiger partial charge in [0.05, 0.1) is 36.6 Å². The summed E-state index contributed by atoms with van der Waals surface area (Å²) in [4.78, 5) is 30.5. The number of rotatable bonds is 3. The number of hydrogen-bond donors (Lipinski definition) is 1. The molecule has 128 valence electrons. The number of hydrogen-bond acceptors (Lipinski definition) is 5. The molecule has 1 aliphatic rings. The van der Waals surface area contributed by atoms with Gasteiger partial charge in [0, 0.05) is 13.1 Å². The van der Waals surface area contributed by atoms with Crippen molar-refractivity contribution >= 4 is 6.03 Å². The van der Waals surface area contributed by atoms with E-state index in [-0.39, 0.29) is 30.6 Å². The van der Waals surface area contributed by atoms with Gasteiger partial charge < -0.3 is 14.7 Å². The summed E-state index contributed by atoms with van der Waals surface area (Å²) >= 11 is 0. The van der Waals surface area contributed by atoms with Crippen molar-refractivity contribution in [1.29, 1.82) is 0 Å². The number of aromatic nitrogens is 3. The molecule has 2 amide bonds. The lowest BCUT2D eigenvalue weighted by Crippen LogP contribution is -2.36. The third kappa shape index (κ3) is 2.91. The molecule has 3 rings (SSSR count). The van der Waals surface area contributed by atoms with Crippen molar-refractivity contribution in [3.8, 4) is 0 Å². The van der Waals surface area contributed by atoms with E-state index in [0.29, 0.717) is 29.4 Å². The third-order valence-electron chi connectivity index (χ3n) is 4.25. The van der Waals surface area contributed by atoms with Gasteiger partial charge in [-0.25, -0.2) is 9.78 Å². The van der Waals surface area contributed by atoms with E-state index in [1.54, 1.807) is 18.9 Å². The van der Waals surface area contributed by atoms with Gasteiger partial charge >= 0.3 is 6.03 Å². The average Bonchev–Trinajstić information content (AvgIpc) is 3.17. The first-order valence-corrected chi connectivity index (χ1v) is 7.90. The quantitative estimate of drug-likeness (QED) is 0.918. The highest BCUT2D eigenvalue weighted by Gasteiger charge is 2.28. The number of amides is 2. The van der Waals surface area contributed by atoms with Crippen LogP contribution in [0.4, 0.5) is 4.79 Å². The molecule has 1 aliphatic heterocycles. The minimum atomic E-state index is -0.254. The van der Waals surface area contributed by atoms with Crippen molar-refractivity contribution in [2.75, 3.05) is 0 Å². The van der Waals surface area contributed by atoms with Gasteiger partial charge in [-0.15, -0.1) is 0 Å². The van der Waals surface area contributed by atoms with E-state index in [1.807, 2.05) is 19.9 Å². The average molecular weight is 331 g/mol. The maximum Gasteiger partial charge on any atom is 0.318 e. The van der Waals surface area contributed by atoms with Crippen molar-refractivity contribution in [2.45, 2.75) is 46.3 Å². The summed E-state index contributed by atoms with van der Waals surface area (Å²) in [7, 11) is 1.68. The fourth-order valence-electron chi connectivity index (χ4n) is 2.63. The number of nitrogens with zero attached hydrogens (tertiary/aromatic N) is 4. The summed E-state index contributed by atoms with van der Waals surface area (Å²) in [5.41, 5.74) is 2.02. The fraction of sp³-hybridized carbons (Fsp3) is 0.500. The molecule has 0 aromatic carbocycles. The molecular formula is C16H21N5O3. The Kier molecular flexibility index (Phi) is 4.13. The smallest absolute Gasteiger partial charge is 0.318 e. The van der Waals surface area contributed by atoms with Crippen LogP contribution in [-0.4, -0.2) is 25.6 Å². The lowest BCUT2D eigenvalue weighted by molar-refractivity contribution is 0.196. The standard InChI is InChI=1S/C16H21N5O3/c1-9(2)13-5-11(24-19-13)6-17-16(23)21-7-12-14(8-21)18-10(3)20(4)15(12)22/h5,9H,6-8H2,1-4H3,(H,17,23). The molecule has 0 saturated heterocycles. The summed E-state index contributed by atoms with van der Waals surface area (Å²) in [5.74, 6) is 1.52. The number of nitrogens with one attached hydrogen (secondary N) is 1. The topological polar surface area (TPSA) is 93.3 Å². The van der Waals surface area contributed by atoms with E-state index < -0.39 is 0 Å². The van der Waals surface area contributed by atoms with Crippen LogP contribution in [0, 0.1) is 6.92 Å². The van der Waals surface area contributed by atoms with Gasteiger partial charge in [0.25, 0.3) is 5.56 Å². The molecule has 8 nitrogen and oxygen atoms in total. The molecule has 0 unspecified atom stereocenters. The van der Waals surface area contributed by atoms with E-state index >= 15 is 0 Å². The molecule has 0 saturated carbocycles. The Morgan fingerprint density at radius 3 is 2.83 bits per heavy atom. The van der Waals surface area contributed by atoms with Gasteiger partial charge in [0.1, 0.15) is 5.82 Å². The van der Waals surface area contributed by atoms with Crippen LogP contribution in [0.15, 0.2) is 15.4 Å². The van der Waals surface area contributed by atoms with E-state index in [2.05, 4.69) is 15.5 Å². The second-order valence-electron chi connectivity index (χ2n) is 6.34. The highest BCUT2D eigenvalue weighted by molar-refractivity contribution is 5.74. The van der Waals surface area contributed by atoms with Crippen LogP contribution in [0.25, 0.3) is 0 Å². The van der Waals surface area contributed by atoms with Gasteiger partial charge in [0.15, 0.2) is 5.76 Å². The third-order valence-corrected chi connectivity index (χ3v) is 4.25. The highest BCUT2D eigenvalue weighted by atomic mass is 16.5. The molecule has 0 bridgehead atoms. The zero-order chi connectivity index (χ0) is 17.4. The van der Waals surface area contributed by atoms with E-state index in [1.165, 1.54) is 4.57 Å². The Balaban J connectivity index is 1.65. The molecule has 0 fully saturated rings. The van der Waals surface area contributed by atoms with Crippen molar-refractivity contribution < 1.29 is 9.32 Å². The molecule has 8 heteroatoms. The molecule has 1 N–H and O–H groups in total. The number of fused-ring (bicyclic) bond motifs is 1. The summed E-state index contributed by atoms with van der Waals surface area (Å²) < 4.78 is 6.70. The van der Waals surface area contributed by atoms with Crippen molar-refractivity contribution in [3.63, 3.8) is 0 Å². The summed E-state index contributed by atoms with van der Waals surface area (Å²) in [6.07, 6.45) is 0. The van der Waals surface area contributed by atoms with E-state index in [4.69, 9.17) is 4.52 Å². The van der Waals surface area contributed by atoms with Crippen molar-refractivity contribution in [3.05, 3.63) is 45.0 Å². The number of carbonyl (C=O) groups is 1. The van der Waals surface area contributed by atoms with Gasteiger partial charge in [-0.3, -0.25) is 9.36 Å². The predicted molar refractivity (Wildman–Crippen MR) is 86.3 cm³/mol. The van der Waals surface area contributed by atoms with Crippen molar-refractivity contribution in [1.82, 2.24) is 24.9 Å². The fourth-order valence-corrected chi connectivity index (χ4v) is 2.63. The molecule has 24 heavy (non-hydrogen) atoms. The Bertz CT molecular complexity index is 837. The van der Waals surface area contributed by atoms with Crippen molar-refractivity contribution in [2.24, 2.45) is 7.05 Å². The highest BCUT2D eigenvalue weighted by Crippen LogP contribution is 2.18. The molecule has 2 aromatic heterocycles. The lowest BCUT2D eigenvalue weighted by Gasteiger charge is -2.15. The van der Waals surface area contributed by atoms with E-state index in [9.17, 15) is 9.59 Å². The van der Waals surface area contributed by atoms with Crippen LogP contribution in [0.5, 0.6) is 0 Å². The first-order valence-electron chi connectivity index (χ1n) is 7.90. The van der Waals surface area contributed by atoms with Crippen LogP contribution in [0.2, 0.25) is 0 Å². The second-order valence-corrected chi connectivity index (χ2v) is 6.34. The normalized spacial score (nSPS) is 13.5. The minimum Gasteiger partial charge on any atom is -0.359 e. The van der Waals surface area contributed by atoms with Crippen LogP contribution < -0.4 is 10.9 Å². The Morgan fingerprint density at radius 2 is 2.17 bits per heavy atom. The lowest BCUT2D eigenvalue weighted by atomic mass is 10.1. The Morgan fingerprint density at radius 1 is 1.42 bits per heavy atom. The molecule has 0 spiro atoms. The first-order chi connectivity index (χ1) is 11.4. The molecule has 0 radical (unpaired) electrons. The predicted octanol–water partition coefficient (Wildman–Crippen LogP) is 1.43. The monoisotopic (exact) mass is 331 g/mol. The van der Waals surface area contributed by atoms with Crippen LogP contribution in [0.1, 0.15) is 48.3 Å². The van der Waals surface area contributed by atoms with E-state index in [0.717, 1.165) is 5.69 Å². The SMILES string of the molecule is Cc1nc2c(c(=O)n1C)CN(C(=O)NCc1cc(C(C)C)no1)C2. The van der Waals surface area contributed by atoms with Crippen LogP contribution >= 0.6 is 0 Å². The minimum absolute atomic E-state index is 0.0930. The maximum atomic E-state index is 12.3. The van der Waals surface area contributed by atoms with Gasteiger partial charge in [-0.05, 0) is 12.8 Å². The zero-order valence-electron chi connectivity index (χ0n) is 14.3. The number of urea groups is 1. The largest absolute Gasteiger partial charge is 0.359 e. The summed E-state index contributed by atoms with van der Waals surface area (Å²) in [6, 6.07) is 1.58. The van der Waals surface area contributed by atoms with Gasteiger partial charge in [0.2, 0.25) is 0 Å². The number of aryl methyl sites for hydroxylation is 1. The second kappa shape index (κ2) is 6.10. The zero-order valence-corrected chi connectivity index (χ0v) is 14.3. The first kappa shape index (κ1) is 16.2. The maximum absolute atomic E-state index is 12.3. The van der Waals surface area contributed by atoms with Crippen LogP contribution in [-0.2, 0) is 26.7 Å². The molecule has 2 aromatic rings. The molecule has 0 aliphatic carbocycles.